The molecule has 0 aliphatic carbocycles. The summed E-state index contributed by atoms with van der Waals surface area (Å²) >= 11 is 0. The molecule has 0 fully saturated rings. The predicted octanol–water partition coefficient (Wildman–Crippen LogP) is 3.87. The number of hydrogen-bond donors (Lipinski definition) is 1. The molecule has 1 aromatic heterocycles. The molecule has 1 aromatic carbocycles. The molecule has 0 spiro atoms. The molecular formula is C24H35N5O2. The minimum atomic E-state index is -0.519. The molecule has 31 heavy (non-hydrogen) atoms. The average Bonchev–Trinajstić information content (AvgIpc) is 3.08. The zero-order valence-corrected chi connectivity index (χ0v) is 19.6. The summed E-state index contributed by atoms with van der Waals surface area (Å²) in [7, 11) is 2.07. The number of carbonyl (C=O) groups excluding carboxylic acids is 1. The van der Waals surface area contributed by atoms with Gasteiger partial charge in [-0.2, -0.15) is 0 Å². The zero-order chi connectivity index (χ0) is 22.3. The van der Waals surface area contributed by atoms with Crippen LogP contribution in [0.25, 0.3) is 5.69 Å². The predicted molar refractivity (Wildman–Crippen MR) is 123 cm³/mol. The molecule has 2 aliphatic heterocycles. The van der Waals surface area contributed by atoms with Crippen molar-refractivity contribution in [3.8, 4) is 5.69 Å². The Hall–Kier alpha value is -2.54. The number of nitrogens with one attached hydrogen (secondary N) is 1. The van der Waals surface area contributed by atoms with Crippen molar-refractivity contribution in [1.29, 1.82) is 0 Å². The van der Waals surface area contributed by atoms with E-state index in [0.717, 1.165) is 36.6 Å². The van der Waals surface area contributed by atoms with Crippen molar-refractivity contribution in [1.82, 2.24) is 20.0 Å². The topological polar surface area (TPSA) is 62.6 Å². The number of hydrogen-bond acceptors (Lipinski definition) is 5. The summed E-state index contributed by atoms with van der Waals surface area (Å²) in [6, 6.07) is 8.58. The van der Waals surface area contributed by atoms with Crippen LogP contribution in [0.4, 0.5) is 10.6 Å². The van der Waals surface area contributed by atoms with Crippen molar-refractivity contribution in [2.24, 2.45) is 0 Å². The molecule has 7 nitrogen and oxygen atoms in total. The molecule has 0 saturated carbocycles. The first-order valence-corrected chi connectivity index (χ1v) is 11.3. The van der Waals surface area contributed by atoms with Crippen molar-refractivity contribution in [3.05, 3.63) is 41.1 Å². The van der Waals surface area contributed by atoms with Crippen molar-refractivity contribution in [3.63, 3.8) is 0 Å². The summed E-state index contributed by atoms with van der Waals surface area (Å²) in [5, 5.41) is 8.55. The maximum Gasteiger partial charge on any atom is 0.410 e. The van der Waals surface area contributed by atoms with Gasteiger partial charge in [0.2, 0.25) is 0 Å². The van der Waals surface area contributed by atoms with E-state index in [1.165, 1.54) is 11.3 Å². The minimum absolute atomic E-state index is 0.0972. The number of amides is 1. The quantitative estimate of drug-likeness (QED) is 0.791. The number of rotatable bonds is 2. The lowest BCUT2D eigenvalue weighted by Gasteiger charge is -2.39. The van der Waals surface area contributed by atoms with Crippen LogP contribution in [0.5, 0.6) is 0 Å². The second kappa shape index (κ2) is 8.19. The van der Waals surface area contributed by atoms with Gasteiger partial charge >= 0.3 is 6.09 Å². The maximum absolute atomic E-state index is 13.0. The molecule has 7 heteroatoms. The molecule has 2 aliphatic rings. The van der Waals surface area contributed by atoms with Gasteiger partial charge in [-0.15, -0.1) is 5.10 Å². The smallest absolute Gasteiger partial charge is 0.410 e. The van der Waals surface area contributed by atoms with Gasteiger partial charge in [-0.3, -0.25) is 4.90 Å². The van der Waals surface area contributed by atoms with Crippen LogP contribution in [0, 0.1) is 0 Å². The summed E-state index contributed by atoms with van der Waals surface area (Å²) in [4.78, 5) is 17.1. The van der Waals surface area contributed by atoms with E-state index in [9.17, 15) is 4.79 Å². The van der Waals surface area contributed by atoms with Gasteiger partial charge < -0.3 is 15.0 Å². The summed E-state index contributed by atoms with van der Waals surface area (Å²) < 4.78 is 7.81. The standard InChI is InChI=1S/C24H35N5O2/c1-16(2)17-7-9-18(10-8-17)29-19-11-13-28(23(30)31-24(3,4)5)20-15-25-12-14-27(6)22(26-29)21(19)20/h7-10,16,20,25H,11-15H2,1-6H3/t20-/m0/s1. The first-order valence-electron chi connectivity index (χ1n) is 11.3. The number of benzene rings is 1. The van der Waals surface area contributed by atoms with Crippen LogP contribution in [0.15, 0.2) is 24.3 Å². The summed E-state index contributed by atoms with van der Waals surface area (Å²) in [6.45, 7) is 13.2. The summed E-state index contributed by atoms with van der Waals surface area (Å²) in [5.74, 6) is 1.46. The lowest BCUT2D eigenvalue weighted by molar-refractivity contribution is 0.0140. The number of likely N-dealkylation sites (N-methyl/N-ethyl adjacent to an activating group) is 1. The van der Waals surface area contributed by atoms with Crippen molar-refractivity contribution in [2.45, 2.75) is 58.6 Å². The fourth-order valence-corrected chi connectivity index (χ4v) is 4.41. The largest absolute Gasteiger partial charge is 0.444 e. The number of anilines is 1. The van der Waals surface area contributed by atoms with Crippen LogP contribution in [0.3, 0.4) is 0 Å². The molecular weight excluding hydrogens is 390 g/mol. The number of nitrogens with zero attached hydrogens (tertiary/aromatic N) is 4. The second-order valence-corrected chi connectivity index (χ2v) is 9.91. The molecule has 0 unspecified atom stereocenters. The Morgan fingerprint density at radius 3 is 2.55 bits per heavy atom. The van der Waals surface area contributed by atoms with E-state index in [-0.39, 0.29) is 12.1 Å². The normalized spacial score (nSPS) is 19.1. The fraction of sp³-hybridized carbons (Fsp3) is 0.583. The van der Waals surface area contributed by atoms with Crippen LogP contribution in [-0.2, 0) is 11.2 Å². The van der Waals surface area contributed by atoms with Crippen LogP contribution in [0.2, 0.25) is 0 Å². The Morgan fingerprint density at radius 2 is 1.90 bits per heavy atom. The van der Waals surface area contributed by atoms with Gasteiger partial charge in [0.1, 0.15) is 5.60 Å². The molecule has 1 amide bonds. The molecule has 0 saturated heterocycles. The van der Waals surface area contributed by atoms with E-state index in [2.05, 4.69) is 60.1 Å². The Morgan fingerprint density at radius 1 is 1.19 bits per heavy atom. The van der Waals surface area contributed by atoms with Crippen molar-refractivity contribution in [2.75, 3.05) is 38.1 Å². The van der Waals surface area contributed by atoms with Gasteiger partial charge in [0.05, 0.1) is 17.4 Å². The molecule has 0 radical (unpaired) electrons. The molecule has 2 aromatic rings. The highest BCUT2D eigenvalue weighted by Gasteiger charge is 2.39. The Balaban J connectivity index is 1.77. The highest BCUT2D eigenvalue weighted by atomic mass is 16.6. The first-order chi connectivity index (χ1) is 14.7. The minimum Gasteiger partial charge on any atom is -0.444 e. The molecule has 4 rings (SSSR count). The molecule has 1 atom stereocenters. The van der Waals surface area contributed by atoms with E-state index in [0.29, 0.717) is 19.0 Å². The molecule has 1 N–H and O–H groups in total. The fourth-order valence-electron chi connectivity index (χ4n) is 4.41. The second-order valence-electron chi connectivity index (χ2n) is 9.91. The maximum atomic E-state index is 13.0. The monoisotopic (exact) mass is 425 g/mol. The van der Waals surface area contributed by atoms with Gasteiger partial charge in [0.25, 0.3) is 0 Å². The van der Waals surface area contributed by atoms with Gasteiger partial charge in [-0.25, -0.2) is 9.48 Å². The highest BCUT2D eigenvalue weighted by Crippen LogP contribution is 2.39. The van der Waals surface area contributed by atoms with E-state index >= 15 is 0 Å². The van der Waals surface area contributed by atoms with E-state index in [1.54, 1.807) is 0 Å². The summed E-state index contributed by atoms with van der Waals surface area (Å²) in [5.41, 5.74) is 4.19. The highest BCUT2D eigenvalue weighted by molar-refractivity contribution is 5.71. The molecule has 3 heterocycles. The third-order valence-corrected chi connectivity index (χ3v) is 6.06. The van der Waals surface area contributed by atoms with E-state index < -0.39 is 5.60 Å². The Labute approximate surface area is 185 Å². The van der Waals surface area contributed by atoms with Gasteiger partial charge in [0, 0.05) is 45.2 Å². The van der Waals surface area contributed by atoms with Crippen LogP contribution < -0.4 is 10.2 Å². The third-order valence-electron chi connectivity index (χ3n) is 6.06. The van der Waals surface area contributed by atoms with Gasteiger partial charge in [0.15, 0.2) is 5.82 Å². The number of aromatic nitrogens is 2. The first kappa shape index (κ1) is 21.7. The lowest BCUT2D eigenvalue weighted by atomic mass is 9.96. The lowest BCUT2D eigenvalue weighted by Crippen LogP contribution is -2.48. The van der Waals surface area contributed by atoms with E-state index in [1.807, 2.05) is 25.7 Å². The van der Waals surface area contributed by atoms with Crippen LogP contribution in [-0.4, -0.2) is 59.6 Å². The zero-order valence-electron chi connectivity index (χ0n) is 19.6. The van der Waals surface area contributed by atoms with Crippen LogP contribution >= 0.6 is 0 Å². The Kier molecular flexibility index (Phi) is 5.73. The third kappa shape index (κ3) is 4.28. The van der Waals surface area contributed by atoms with Gasteiger partial charge in [-0.05, 0) is 44.4 Å². The molecule has 168 valence electrons. The number of carbonyl (C=O) groups is 1. The van der Waals surface area contributed by atoms with E-state index in [4.69, 9.17) is 9.84 Å². The average molecular weight is 426 g/mol. The SMILES string of the molecule is CC(C)c1ccc(-n2nc3c4c2CCN(C(=O)OC(C)(C)C)[C@H]4CNCCN3C)cc1. The molecule has 0 bridgehead atoms. The van der Waals surface area contributed by atoms with Crippen molar-refractivity contribution < 1.29 is 9.53 Å². The van der Waals surface area contributed by atoms with Crippen molar-refractivity contribution >= 4 is 11.9 Å². The van der Waals surface area contributed by atoms with Gasteiger partial charge in [-0.1, -0.05) is 26.0 Å². The van der Waals surface area contributed by atoms with Crippen LogP contribution in [0.1, 0.15) is 63.4 Å². The number of ether oxygens (including phenoxy) is 1. The summed E-state index contributed by atoms with van der Waals surface area (Å²) in [6.07, 6.45) is 0.492. The Bertz CT molecular complexity index is 942.